The summed E-state index contributed by atoms with van der Waals surface area (Å²) in [5, 5.41) is 3.10. The second-order valence-electron chi connectivity index (χ2n) is 7.07. The summed E-state index contributed by atoms with van der Waals surface area (Å²) < 4.78 is 15.2. The van der Waals surface area contributed by atoms with E-state index in [0.29, 0.717) is 16.3 Å². The highest BCUT2D eigenvalue weighted by molar-refractivity contribution is 7.80. The number of amides is 2. The van der Waals surface area contributed by atoms with Gasteiger partial charge < -0.3 is 4.57 Å². The fraction of sp³-hybridized carbons (Fsp3) is 0.0870. The summed E-state index contributed by atoms with van der Waals surface area (Å²) in [6.07, 6.45) is 1.55. The van der Waals surface area contributed by atoms with Crippen LogP contribution < -0.4 is 10.2 Å². The van der Waals surface area contributed by atoms with Gasteiger partial charge in [0, 0.05) is 22.1 Å². The van der Waals surface area contributed by atoms with Gasteiger partial charge in [-0.25, -0.2) is 4.39 Å². The first kappa shape index (κ1) is 21.0. The average Bonchev–Trinajstić information content (AvgIpc) is 3.00. The molecule has 2 aromatic carbocycles. The average molecular weight is 454 g/mol. The van der Waals surface area contributed by atoms with Gasteiger partial charge in [-0.3, -0.25) is 19.8 Å². The molecule has 4 rings (SSSR count). The molecule has 0 radical (unpaired) electrons. The Morgan fingerprint density at radius 3 is 2.26 bits per heavy atom. The van der Waals surface area contributed by atoms with E-state index < -0.39 is 11.8 Å². The Bertz CT molecular complexity index is 1250. The first-order valence-corrected chi connectivity index (χ1v) is 10.2. The zero-order chi connectivity index (χ0) is 22.3. The molecule has 1 saturated heterocycles. The second-order valence-corrected chi connectivity index (χ2v) is 7.90. The fourth-order valence-electron chi connectivity index (χ4n) is 3.56. The van der Waals surface area contributed by atoms with Crippen LogP contribution >= 0.6 is 23.8 Å². The highest BCUT2D eigenvalue weighted by Crippen LogP contribution is 2.26. The third-order valence-electron chi connectivity index (χ3n) is 5.04. The van der Waals surface area contributed by atoms with Crippen LogP contribution in [0, 0.1) is 19.7 Å². The number of anilines is 1. The van der Waals surface area contributed by atoms with E-state index in [1.807, 2.05) is 24.5 Å². The van der Waals surface area contributed by atoms with E-state index in [4.69, 9.17) is 23.8 Å². The Morgan fingerprint density at radius 2 is 1.61 bits per heavy atom. The third-order valence-corrected chi connectivity index (χ3v) is 5.58. The molecule has 156 valence electrons. The molecule has 8 heteroatoms. The molecule has 5 nitrogen and oxygen atoms in total. The highest BCUT2D eigenvalue weighted by Gasteiger charge is 2.34. The number of benzene rings is 2. The second kappa shape index (κ2) is 8.09. The fourth-order valence-corrected chi connectivity index (χ4v) is 3.97. The normalized spacial score (nSPS) is 15.5. The van der Waals surface area contributed by atoms with Gasteiger partial charge in [-0.2, -0.15) is 0 Å². The van der Waals surface area contributed by atoms with Crippen molar-refractivity contribution in [3.05, 3.63) is 88.0 Å². The van der Waals surface area contributed by atoms with Crippen molar-refractivity contribution in [3.8, 4) is 5.69 Å². The molecule has 1 aromatic heterocycles. The number of carbonyl (C=O) groups is 2. The van der Waals surface area contributed by atoms with E-state index >= 15 is 0 Å². The van der Waals surface area contributed by atoms with Gasteiger partial charge in [0.25, 0.3) is 11.8 Å². The molecular weight excluding hydrogens is 437 g/mol. The van der Waals surface area contributed by atoms with Crippen LogP contribution in [0.2, 0.25) is 5.02 Å². The minimum absolute atomic E-state index is 0.00579. The summed E-state index contributed by atoms with van der Waals surface area (Å²) in [4.78, 5) is 27.0. The van der Waals surface area contributed by atoms with Crippen LogP contribution in [-0.4, -0.2) is 21.5 Å². The van der Waals surface area contributed by atoms with Gasteiger partial charge in [0.05, 0.1) is 5.69 Å². The SMILES string of the molecule is Cc1cc(/C=C2\C(=O)NC(=S)N(c3ccc(Cl)cc3)C2=O)c(C)n1-c1ccc(F)cc1. The zero-order valence-electron chi connectivity index (χ0n) is 16.6. The quantitative estimate of drug-likeness (QED) is 0.355. The van der Waals surface area contributed by atoms with Gasteiger partial charge in [-0.05, 0) is 92.3 Å². The van der Waals surface area contributed by atoms with Crippen molar-refractivity contribution >= 4 is 52.5 Å². The minimum Gasteiger partial charge on any atom is -0.318 e. The number of thiocarbonyl (C=S) groups is 1. The summed E-state index contributed by atoms with van der Waals surface area (Å²) in [6, 6.07) is 14.6. The summed E-state index contributed by atoms with van der Waals surface area (Å²) >= 11 is 11.2. The van der Waals surface area contributed by atoms with E-state index in [2.05, 4.69) is 5.32 Å². The molecule has 0 aliphatic carbocycles. The van der Waals surface area contributed by atoms with Gasteiger partial charge in [0.2, 0.25) is 0 Å². The number of rotatable bonds is 3. The monoisotopic (exact) mass is 453 g/mol. The Labute approximate surface area is 188 Å². The van der Waals surface area contributed by atoms with Crippen LogP contribution in [0.4, 0.5) is 10.1 Å². The van der Waals surface area contributed by atoms with Crippen molar-refractivity contribution in [2.75, 3.05) is 4.90 Å². The number of nitrogens with one attached hydrogen (secondary N) is 1. The lowest BCUT2D eigenvalue weighted by atomic mass is 10.1. The summed E-state index contributed by atoms with van der Waals surface area (Å²) in [5.41, 5.74) is 3.63. The van der Waals surface area contributed by atoms with E-state index in [0.717, 1.165) is 17.1 Å². The molecule has 0 unspecified atom stereocenters. The minimum atomic E-state index is -0.563. The first-order valence-electron chi connectivity index (χ1n) is 9.38. The molecule has 0 spiro atoms. The van der Waals surface area contributed by atoms with Crippen LogP contribution in [0.25, 0.3) is 11.8 Å². The van der Waals surface area contributed by atoms with Gasteiger partial charge in [-0.15, -0.1) is 0 Å². The van der Waals surface area contributed by atoms with Gasteiger partial charge in [0.1, 0.15) is 11.4 Å². The maximum absolute atomic E-state index is 13.3. The molecular formula is C23H17ClFN3O2S. The largest absolute Gasteiger partial charge is 0.318 e. The molecule has 3 aromatic rings. The standard InChI is InChI=1S/C23H17ClFN3O2S/c1-13-11-15(14(2)27(13)18-9-5-17(25)6-10-18)12-20-21(29)26-23(31)28(22(20)30)19-7-3-16(24)4-8-19/h3-12H,1-2H3,(H,26,29,31)/b20-12+. The Hall–Kier alpha value is -3.29. The zero-order valence-corrected chi connectivity index (χ0v) is 18.2. The van der Waals surface area contributed by atoms with E-state index in [9.17, 15) is 14.0 Å². The lowest BCUT2D eigenvalue weighted by Crippen LogP contribution is -2.54. The Morgan fingerprint density at radius 1 is 1.00 bits per heavy atom. The van der Waals surface area contributed by atoms with E-state index in [-0.39, 0.29) is 16.5 Å². The molecule has 1 fully saturated rings. The van der Waals surface area contributed by atoms with Crippen LogP contribution in [0.15, 0.2) is 60.2 Å². The Balaban J connectivity index is 1.75. The lowest BCUT2D eigenvalue weighted by molar-refractivity contribution is -0.122. The van der Waals surface area contributed by atoms with Crippen molar-refractivity contribution < 1.29 is 14.0 Å². The van der Waals surface area contributed by atoms with Gasteiger partial charge in [-0.1, -0.05) is 11.6 Å². The summed E-state index contributed by atoms with van der Waals surface area (Å²) in [5.74, 6) is -1.41. The van der Waals surface area contributed by atoms with Gasteiger partial charge >= 0.3 is 0 Å². The number of hydrogen-bond donors (Lipinski definition) is 1. The molecule has 1 aliphatic rings. The number of aryl methyl sites for hydroxylation is 1. The molecule has 2 heterocycles. The molecule has 2 amide bonds. The highest BCUT2D eigenvalue weighted by atomic mass is 35.5. The van der Waals surface area contributed by atoms with Crippen molar-refractivity contribution in [2.45, 2.75) is 13.8 Å². The number of nitrogens with zero attached hydrogens (tertiary/aromatic N) is 2. The van der Waals surface area contributed by atoms with Crippen molar-refractivity contribution in [1.82, 2.24) is 9.88 Å². The molecule has 1 aliphatic heterocycles. The molecule has 0 saturated carbocycles. The number of hydrogen-bond acceptors (Lipinski definition) is 3. The van der Waals surface area contributed by atoms with E-state index in [1.54, 1.807) is 42.5 Å². The molecule has 1 N–H and O–H groups in total. The van der Waals surface area contributed by atoms with Gasteiger partial charge in [0.15, 0.2) is 5.11 Å². The summed E-state index contributed by atoms with van der Waals surface area (Å²) in [6.45, 7) is 3.77. The molecule has 0 atom stereocenters. The van der Waals surface area contributed by atoms with Crippen LogP contribution in [0.5, 0.6) is 0 Å². The van der Waals surface area contributed by atoms with E-state index in [1.165, 1.54) is 17.0 Å². The molecule has 31 heavy (non-hydrogen) atoms. The number of aromatic nitrogens is 1. The maximum atomic E-state index is 13.3. The predicted octanol–water partition coefficient (Wildman–Crippen LogP) is 4.72. The van der Waals surface area contributed by atoms with Crippen molar-refractivity contribution in [3.63, 3.8) is 0 Å². The van der Waals surface area contributed by atoms with Crippen molar-refractivity contribution in [1.29, 1.82) is 0 Å². The smallest absolute Gasteiger partial charge is 0.270 e. The van der Waals surface area contributed by atoms with Crippen LogP contribution in [-0.2, 0) is 9.59 Å². The van der Waals surface area contributed by atoms with Crippen LogP contribution in [0.3, 0.4) is 0 Å². The number of halogens is 2. The van der Waals surface area contributed by atoms with Crippen molar-refractivity contribution in [2.24, 2.45) is 0 Å². The Kier molecular flexibility index (Phi) is 5.47. The third kappa shape index (κ3) is 3.89. The lowest BCUT2D eigenvalue weighted by Gasteiger charge is -2.28. The van der Waals surface area contributed by atoms with Crippen LogP contribution in [0.1, 0.15) is 17.0 Å². The predicted molar refractivity (Wildman–Crippen MR) is 123 cm³/mol. The maximum Gasteiger partial charge on any atom is 0.270 e. The summed E-state index contributed by atoms with van der Waals surface area (Å²) in [7, 11) is 0. The first-order chi connectivity index (χ1) is 14.8. The molecule has 0 bridgehead atoms. The number of carbonyl (C=O) groups excluding carboxylic acids is 2. The topological polar surface area (TPSA) is 54.3 Å².